The first-order valence-corrected chi connectivity index (χ1v) is 7.89. The molecule has 2 atom stereocenters. The van der Waals surface area contributed by atoms with Crippen LogP contribution in [0.25, 0.3) is 0 Å². The lowest BCUT2D eigenvalue weighted by atomic mass is 10.1. The molecule has 0 aliphatic heterocycles. The van der Waals surface area contributed by atoms with Crippen LogP contribution in [-0.2, 0) is 10.2 Å². The molecule has 1 fully saturated rings. The van der Waals surface area contributed by atoms with Gasteiger partial charge in [-0.1, -0.05) is 19.8 Å². The first-order valence-electron chi connectivity index (χ1n) is 6.45. The average molecular weight is 263 g/mol. The topological polar surface area (TPSA) is 75.4 Å². The summed E-state index contributed by atoms with van der Waals surface area (Å²) in [5.41, 5.74) is 5.65. The van der Waals surface area contributed by atoms with E-state index in [-0.39, 0.29) is 6.04 Å². The molecule has 1 saturated carbocycles. The van der Waals surface area contributed by atoms with Crippen LogP contribution in [0.3, 0.4) is 0 Å². The third kappa shape index (κ3) is 4.21. The molecule has 6 heteroatoms. The summed E-state index contributed by atoms with van der Waals surface area (Å²) in [4.78, 5) is 0. The summed E-state index contributed by atoms with van der Waals surface area (Å²) < 4.78 is 28.2. The molecule has 0 saturated heterocycles. The van der Waals surface area contributed by atoms with Crippen molar-refractivity contribution < 1.29 is 8.42 Å². The van der Waals surface area contributed by atoms with E-state index in [1.807, 2.05) is 0 Å². The van der Waals surface area contributed by atoms with Crippen LogP contribution in [0, 0.1) is 5.92 Å². The molecule has 0 aromatic heterocycles. The SMILES string of the molecule is CCCCN(C)S(=O)(=O)NC1CCCC1CN. The predicted molar refractivity (Wildman–Crippen MR) is 69.8 cm³/mol. The lowest BCUT2D eigenvalue weighted by Crippen LogP contribution is -2.46. The van der Waals surface area contributed by atoms with Gasteiger partial charge in [-0.3, -0.25) is 0 Å². The van der Waals surface area contributed by atoms with Crippen molar-refractivity contribution in [3.63, 3.8) is 0 Å². The van der Waals surface area contributed by atoms with E-state index in [1.165, 1.54) is 4.31 Å². The zero-order valence-corrected chi connectivity index (χ0v) is 11.7. The highest BCUT2D eigenvalue weighted by Crippen LogP contribution is 2.25. The Morgan fingerprint density at radius 2 is 2.12 bits per heavy atom. The second-order valence-electron chi connectivity index (χ2n) is 4.83. The van der Waals surface area contributed by atoms with Crippen molar-refractivity contribution in [2.45, 2.75) is 45.1 Å². The van der Waals surface area contributed by atoms with Crippen LogP contribution < -0.4 is 10.5 Å². The van der Waals surface area contributed by atoms with Crippen LogP contribution in [0.5, 0.6) is 0 Å². The van der Waals surface area contributed by atoms with Crippen molar-refractivity contribution in [2.75, 3.05) is 20.1 Å². The van der Waals surface area contributed by atoms with Gasteiger partial charge < -0.3 is 5.73 Å². The summed E-state index contributed by atoms with van der Waals surface area (Å²) in [7, 11) is -1.70. The van der Waals surface area contributed by atoms with Gasteiger partial charge in [0.2, 0.25) is 0 Å². The van der Waals surface area contributed by atoms with Crippen molar-refractivity contribution in [1.29, 1.82) is 0 Å². The van der Waals surface area contributed by atoms with E-state index < -0.39 is 10.2 Å². The molecule has 0 radical (unpaired) electrons. The van der Waals surface area contributed by atoms with E-state index in [0.717, 1.165) is 32.1 Å². The van der Waals surface area contributed by atoms with Gasteiger partial charge >= 0.3 is 0 Å². The van der Waals surface area contributed by atoms with Gasteiger partial charge in [-0.05, 0) is 31.7 Å². The molecule has 0 amide bonds. The molecule has 0 aromatic rings. The maximum atomic E-state index is 12.0. The normalized spacial score (nSPS) is 25.6. The fourth-order valence-corrected chi connectivity index (χ4v) is 3.50. The third-order valence-electron chi connectivity index (χ3n) is 3.50. The second kappa shape index (κ2) is 6.68. The van der Waals surface area contributed by atoms with E-state index in [0.29, 0.717) is 19.0 Å². The molecule has 0 aromatic carbocycles. The van der Waals surface area contributed by atoms with E-state index in [4.69, 9.17) is 5.73 Å². The zero-order chi connectivity index (χ0) is 12.9. The largest absolute Gasteiger partial charge is 0.330 e. The Labute approximate surface area is 105 Å². The minimum absolute atomic E-state index is 0.0223. The molecule has 0 bridgehead atoms. The standard InChI is InChI=1S/C11H25N3O2S/c1-3-4-8-14(2)17(15,16)13-11-7-5-6-10(11)9-12/h10-11,13H,3-9,12H2,1-2H3. The summed E-state index contributed by atoms with van der Waals surface area (Å²) in [6, 6.07) is 0.0223. The molecule has 1 aliphatic carbocycles. The van der Waals surface area contributed by atoms with Crippen molar-refractivity contribution in [1.82, 2.24) is 9.03 Å². The number of nitrogens with zero attached hydrogens (tertiary/aromatic N) is 1. The number of nitrogens with two attached hydrogens (primary N) is 1. The van der Waals surface area contributed by atoms with E-state index in [9.17, 15) is 8.42 Å². The van der Waals surface area contributed by atoms with E-state index >= 15 is 0 Å². The Balaban J connectivity index is 2.53. The Kier molecular flexibility index (Phi) is 5.85. The van der Waals surface area contributed by atoms with Gasteiger partial charge in [0.1, 0.15) is 0 Å². The van der Waals surface area contributed by atoms with Crippen LogP contribution in [0.1, 0.15) is 39.0 Å². The number of nitrogens with one attached hydrogen (secondary N) is 1. The van der Waals surface area contributed by atoms with Crippen molar-refractivity contribution >= 4 is 10.2 Å². The number of unbranched alkanes of at least 4 members (excludes halogenated alkanes) is 1. The molecular weight excluding hydrogens is 238 g/mol. The quantitative estimate of drug-likeness (QED) is 0.709. The molecule has 17 heavy (non-hydrogen) atoms. The van der Waals surface area contributed by atoms with Crippen molar-refractivity contribution in [3.8, 4) is 0 Å². The van der Waals surface area contributed by atoms with Crippen molar-refractivity contribution in [2.24, 2.45) is 11.7 Å². The minimum Gasteiger partial charge on any atom is -0.330 e. The molecule has 0 heterocycles. The van der Waals surface area contributed by atoms with Crippen molar-refractivity contribution in [3.05, 3.63) is 0 Å². The molecule has 5 nitrogen and oxygen atoms in total. The molecule has 1 rings (SSSR count). The van der Waals surface area contributed by atoms with Gasteiger partial charge in [0, 0.05) is 19.6 Å². The fourth-order valence-electron chi connectivity index (χ4n) is 2.26. The third-order valence-corrected chi connectivity index (χ3v) is 5.10. The molecule has 1 aliphatic rings. The lowest BCUT2D eigenvalue weighted by Gasteiger charge is -2.23. The van der Waals surface area contributed by atoms with Gasteiger partial charge in [0.05, 0.1) is 0 Å². The summed E-state index contributed by atoms with van der Waals surface area (Å²) in [5.74, 6) is 0.296. The smallest absolute Gasteiger partial charge is 0.279 e. The first-order chi connectivity index (χ1) is 8.01. The molecule has 0 spiro atoms. The highest BCUT2D eigenvalue weighted by Gasteiger charge is 2.30. The van der Waals surface area contributed by atoms with Crippen LogP contribution in [0.2, 0.25) is 0 Å². The summed E-state index contributed by atoms with van der Waals surface area (Å²) in [6.07, 6.45) is 4.88. The van der Waals surface area contributed by atoms with Gasteiger partial charge in [-0.25, -0.2) is 0 Å². The highest BCUT2D eigenvalue weighted by molar-refractivity contribution is 7.87. The summed E-state index contributed by atoms with van der Waals surface area (Å²) in [6.45, 7) is 3.19. The van der Waals surface area contributed by atoms with Gasteiger partial charge in [0.25, 0.3) is 10.2 Å². The molecule has 3 N–H and O–H groups in total. The van der Waals surface area contributed by atoms with Gasteiger partial charge in [-0.2, -0.15) is 17.4 Å². The Bertz CT molecular complexity index is 319. The second-order valence-corrected chi connectivity index (χ2v) is 6.64. The van der Waals surface area contributed by atoms with Crippen LogP contribution in [0.15, 0.2) is 0 Å². The minimum atomic E-state index is -3.33. The number of rotatable bonds is 7. The van der Waals surface area contributed by atoms with Gasteiger partial charge in [-0.15, -0.1) is 0 Å². The monoisotopic (exact) mass is 263 g/mol. The predicted octanol–water partition coefficient (Wildman–Crippen LogP) is 0.680. The Morgan fingerprint density at radius 1 is 1.41 bits per heavy atom. The zero-order valence-electron chi connectivity index (χ0n) is 10.9. The van der Waals surface area contributed by atoms with Crippen LogP contribution in [0.4, 0.5) is 0 Å². The number of hydrogen-bond donors (Lipinski definition) is 2. The molecule has 2 unspecified atom stereocenters. The van der Waals surface area contributed by atoms with Crippen LogP contribution >= 0.6 is 0 Å². The average Bonchev–Trinajstić information content (AvgIpc) is 2.72. The van der Waals surface area contributed by atoms with Gasteiger partial charge in [0.15, 0.2) is 0 Å². The number of hydrogen-bond acceptors (Lipinski definition) is 3. The molecule has 102 valence electrons. The van der Waals surface area contributed by atoms with Crippen LogP contribution in [-0.4, -0.2) is 38.9 Å². The highest BCUT2D eigenvalue weighted by atomic mass is 32.2. The maximum Gasteiger partial charge on any atom is 0.279 e. The lowest BCUT2D eigenvalue weighted by molar-refractivity contribution is 0.411. The fraction of sp³-hybridized carbons (Fsp3) is 1.00. The Hall–Kier alpha value is -0.170. The maximum absolute atomic E-state index is 12.0. The summed E-state index contributed by atoms with van der Waals surface area (Å²) in [5, 5.41) is 0. The first kappa shape index (κ1) is 14.9. The Morgan fingerprint density at radius 3 is 2.71 bits per heavy atom. The van der Waals surface area contributed by atoms with E-state index in [1.54, 1.807) is 7.05 Å². The summed E-state index contributed by atoms with van der Waals surface area (Å²) >= 11 is 0. The van der Waals surface area contributed by atoms with E-state index in [2.05, 4.69) is 11.6 Å². The molecular formula is C11H25N3O2S.